The summed E-state index contributed by atoms with van der Waals surface area (Å²) in [7, 11) is 1.55. The molecule has 0 bridgehead atoms. The van der Waals surface area contributed by atoms with E-state index in [4.69, 9.17) is 21.1 Å². The highest BCUT2D eigenvalue weighted by Gasteiger charge is 2.24. The fourth-order valence-corrected chi connectivity index (χ4v) is 3.28. The van der Waals surface area contributed by atoms with Crippen molar-refractivity contribution in [3.8, 4) is 11.5 Å². The van der Waals surface area contributed by atoms with Gasteiger partial charge in [0.25, 0.3) is 5.91 Å². The monoisotopic (exact) mass is 409 g/mol. The Labute approximate surface area is 172 Å². The molecule has 146 valence electrons. The lowest BCUT2D eigenvalue weighted by Crippen LogP contribution is -2.03. The first-order valence-corrected chi connectivity index (χ1v) is 9.29. The van der Waals surface area contributed by atoms with Crippen LogP contribution in [0.2, 0.25) is 5.02 Å². The summed E-state index contributed by atoms with van der Waals surface area (Å²) >= 11 is 6.00. The maximum absolute atomic E-state index is 13.0. The number of halogens is 2. The van der Waals surface area contributed by atoms with Gasteiger partial charge in [-0.15, -0.1) is 0 Å². The number of anilines is 1. The summed E-state index contributed by atoms with van der Waals surface area (Å²) < 4.78 is 24.3. The van der Waals surface area contributed by atoms with Crippen molar-refractivity contribution >= 4 is 34.8 Å². The molecule has 0 saturated heterocycles. The molecule has 3 aromatic rings. The smallest absolute Gasteiger partial charge is 0.256 e. The Morgan fingerprint density at radius 1 is 1.03 bits per heavy atom. The third kappa shape index (κ3) is 4.10. The van der Waals surface area contributed by atoms with Gasteiger partial charge in [0.1, 0.15) is 12.4 Å². The molecular formula is C23H17ClFNO3. The Morgan fingerprint density at radius 3 is 2.59 bits per heavy atom. The van der Waals surface area contributed by atoms with Gasteiger partial charge in [-0.1, -0.05) is 35.9 Å². The first kappa shape index (κ1) is 19.0. The van der Waals surface area contributed by atoms with Gasteiger partial charge in [0.2, 0.25) is 0 Å². The van der Waals surface area contributed by atoms with E-state index >= 15 is 0 Å². The highest BCUT2D eigenvalue weighted by molar-refractivity contribution is 6.36. The van der Waals surface area contributed by atoms with Crippen LogP contribution in [0, 0.1) is 5.82 Å². The van der Waals surface area contributed by atoms with Crippen molar-refractivity contribution < 1.29 is 18.7 Å². The van der Waals surface area contributed by atoms with Crippen LogP contribution in [-0.2, 0) is 11.4 Å². The van der Waals surface area contributed by atoms with Crippen LogP contribution in [0.1, 0.15) is 16.7 Å². The molecule has 6 heteroatoms. The summed E-state index contributed by atoms with van der Waals surface area (Å²) in [5.74, 6) is 0.625. The maximum Gasteiger partial charge on any atom is 0.256 e. The molecule has 0 atom stereocenters. The second-order valence-corrected chi connectivity index (χ2v) is 6.96. The Hall–Kier alpha value is -3.31. The van der Waals surface area contributed by atoms with Crippen molar-refractivity contribution in [3.63, 3.8) is 0 Å². The highest BCUT2D eigenvalue weighted by Crippen LogP contribution is 2.36. The summed E-state index contributed by atoms with van der Waals surface area (Å²) in [4.78, 5) is 12.3. The van der Waals surface area contributed by atoms with Gasteiger partial charge in [-0.05, 0) is 53.6 Å². The van der Waals surface area contributed by atoms with E-state index in [0.29, 0.717) is 27.8 Å². The minimum absolute atomic E-state index is 0.183. The van der Waals surface area contributed by atoms with Crippen molar-refractivity contribution in [1.82, 2.24) is 0 Å². The van der Waals surface area contributed by atoms with Gasteiger partial charge in [-0.3, -0.25) is 4.79 Å². The summed E-state index contributed by atoms with van der Waals surface area (Å²) in [5.41, 5.74) is 3.69. The molecule has 3 aromatic carbocycles. The average molecular weight is 410 g/mol. The van der Waals surface area contributed by atoms with E-state index in [2.05, 4.69) is 5.32 Å². The van der Waals surface area contributed by atoms with E-state index in [1.54, 1.807) is 49.6 Å². The summed E-state index contributed by atoms with van der Waals surface area (Å²) in [6, 6.07) is 16.8. The van der Waals surface area contributed by atoms with Crippen molar-refractivity contribution in [1.29, 1.82) is 0 Å². The quantitative estimate of drug-likeness (QED) is 0.561. The molecular weight excluding hydrogens is 393 g/mol. The van der Waals surface area contributed by atoms with Crippen LogP contribution in [0.5, 0.6) is 11.5 Å². The fourth-order valence-electron chi connectivity index (χ4n) is 3.11. The van der Waals surface area contributed by atoms with E-state index in [0.717, 1.165) is 16.7 Å². The van der Waals surface area contributed by atoms with Crippen LogP contribution in [0.15, 0.2) is 60.7 Å². The van der Waals surface area contributed by atoms with Gasteiger partial charge >= 0.3 is 0 Å². The number of nitrogens with one attached hydrogen (secondary N) is 1. The molecule has 1 aliphatic rings. The van der Waals surface area contributed by atoms with Crippen LogP contribution >= 0.6 is 11.6 Å². The topological polar surface area (TPSA) is 47.6 Å². The van der Waals surface area contributed by atoms with E-state index in [1.807, 2.05) is 12.1 Å². The fraction of sp³-hybridized carbons (Fsp3) is 0.0870. The lowest BCUT2D eigenvalue weighted by atomic mass is 10.0. The van der Waals surface area contributed by atoms with Crippen LogP contribution in [0.25, 0.3) is 11.6 Å². The molecule has 1 aliphatic heterocycles. The van der Waals surface area contributed by atoms with Gasteiger partial charge < -0.3 is 14.8 Å². The van der Waals surface area contributed by atoms with Gasteiger partial charge in [-0.2, -0.15) is 0 Å². The lowest BCUT2D eigenvalue weighted by molar-refractivity contribution is -0.110. The third-order valence-corrected chi connectivity index (χ3v) is 4.81. The number of ether oxygens (including phenoxy) is 2. The number of hydrogen-bond donors (Lipinski definition) is 1. The molecule has 0 fully saturated rings. The van der Waals surface area contributed by atoms with E-state index in [9.17, 15) is 9.18 Å². The van der Waals surface area contributed by atoms with Crippen LogP contribution < -0.4 is 14.8 Å². The summed E-state index contributed by atoms with van der Waals surface area (Å²) in [6.45, 7) is 0.285. The Kier molecular flexibility index (Phi) is 5.23. The molecule has 0 radical (unpaired) electrons. The number of carbonyl (C=O) groups is 1. The molecule has 1 heterocycles. The van der Waals surface area contributed by atoms with Crippen molar-refractivity contribution in [3.05, 3.63) is 88.2 Å². The molecule has 1 N–H and O–H groups in total. The SMILES string of the molecule is COc1cc(/C=C2\C(=O)Nc3cc(Cl)ccc32)ccc1OCc1ccc(F)cc1. The summed E-state index contributed by atoms with van der Waals surface area (Å²) in [6.07, 6.45) is 1.79. The molecule has 0 aliphatic carbocycles. The zero-order chi connectivity index (χ0) is 20.4. The Balaban J connectivity index is 1.58. The van der Waals surface area contributed by atoms with Gasteiger partial charge in [0.05, 0.1) is 12.8 Å². The zero-order valence-electron chi connectivity index (χ0n) is 15.5. The molecule has 0 saturated carbocycles. The average Bonchev–Trinajstić information content (AvgIpc) is 3.02. The van der Waals surface area contributed by atoms with Crippen molar-refractivity contribution in [2.75, 3.05) is 12.4 Å². The van der Waals surface area contributed by atoms with E-state index < -0.39 is 0 Å². The number of amides is 1. The number of benzene rings is 3. The summed E-state index contributed by atoms with van der Waals surface area (Å²) in [5, 5.41) is 3.38. The number of methoxy groups -OCH3 is 1. The third-order valence-electron chi connectivity index (χ3n) is 4.57. The molecule has 0 aromatic heterocycles. The highest BCUT2D eigenvalue weighted by atomic mass is 35.5. The predicted octanol–water partition coefficient (Wildman–Crippen LogP) is 5.56. The molecule has 0 unspecified atom stereocenters. The maximum atomic E-state index is 13.0. The van der Waals surface area contributed by atoms with Gasteiger partial charge in [0, 0.05) is 16.2 Å². The number of carbonyl (C=O) groups excluding carboxylic acids is 1. The predicted molar refractivity (Wildman–Crippen MR) is 112 cm³/mol. The first-order chi connectivity index (χ1) is 14.0. The molecule has 4 nitrogen and oxygen atoms in total. The standard InChI is InChI=1S/C23H17ClFNO3/c1-28-22-11-15(4-9-21(22)29-13-14-2-6-17(25)7-3-14)10-19-18-8-5-16(24)12-20(18)26-23(19)27/h2-12H,13H2,1H3,(H,26,27)/b19-10-. The largest absolute Gasteiger partial charge is 0.493 e. The molecule has 0 spiro atoms. The lowest BCUT2D eigenvalue weighted by Gasteiger charge is -2.11. The number of rotatable bonds is 5. The van der Waals surface area contributed by atoms with Gasteiger partial charge in [-0.25, -0.2) is 4.39 Å². The Morgan fingerprint density at radius 2 is 1.83 bits per heavy atom. The molecule has 29 heavy (non-hydrogen) atoms. The van der Waals surface area contributed by atoms with E-state index in [1.165, 1.54) is 12.1 Å². The normalized spacial score (nSPS) is 13.9. The van der Waals surface area contributed by atoms with Crippen molar-refractivity contribution in [2.24, 2.45) is 0 Å². The second kappa shape index (κ2) is 7.97. The van der Waals surface area contributed by atoms with Crippen LogP contribution in [0.3, 0.4) is 0 Å². The molecule has 1 amide bonds. The van der Waals surface area contributed by atoms with Crippen LogP contribution in [-0.4, -0.2) is 13.0 Å². The minimum Gasteiger partial charge on any atom is -0.493 e. The second-order valence-electron chi connectivity index (χ2n) is 6.53. The number of fused-ring (bicyclic) bond motifs is 1. The molecule has 4 rings (SSSR count). The van der Waals surface area contributed by atoms with Crippen molar-refractivity contribution in [2.45, 2.75) is 6.61 Å². The minimum atomic E-state index is -0.288. The first-order valence-electron chi connectivity index (χ1n) is 8.92. The van der Waals surface area contributed by atoms with Crippen LogP contribution in [0.4, 0.5) is 10.1 Å². The zero-order valence-corrected chi connectivity index (χ0v) is 16.3. The Bertz CT molecular complexity index is 1110. The van der Waals surface area contributed by atoms with Gasteiger partial charge in [0.15, 0.2) is 11.5 Å². The number of hydrogen-bond acceptors (Lipinski definition) is 3. The van der Waals surface area contributed by atoms with E-state index in [-0.39, 0.29) is 18.3 Å².